The summed E-state index contributed by atoms with van der Waals surface area (Å²) in [5.74, 6) is -0.0204. The molecule has 2 fully saturated rings. The van der Waals surface area contributed by atoms with Gasteiger partial charge in [0, 0.05) is 32.9 Å². The summed E-state index contributed by atoms with van der Waals surface area (Å²) >= 11 is 0. The van der Waals surface area contributed by atoms with Crippen LogP contribution in [-0.4, -0.2) is 60.0 Å². The molecule has 0 bridgehead atoms. The Morgan fingerprint density at radius 1 is 1.52 bits per heavy atom. The van der Waals surface area contributed by atoms with Crippen molar-refractivity contribution in [1.29, 1.82) is 0 Å². The first-order chi connectivity index (χ1) is 10.2. The summed E-state index contributed by atoms with van der Waals surface area (Å²) < 4.78 is 7.51. The van der Waals surface area contributed by atoms with E-state index in [1.54, 1.807) is 4.90 Å². The highest BCUT2D eigenvalue weighted by molar-refractivity contribution is 5.92. The Hall–Kier alpha value is -1.40. The number of carbonyl (C=O) groups excluding carboxylic acids is 1. The van der Waals surface area contributed by atoms with Crippen molar-refractivity contribution in [2.75, 3.05) is 33.3 Å². The number of piperidine rings is 1. The van der Waals surface area contributed by atoms with Crippen molar-refractivity contribution >= 4 is 5.91 Å². The number of nitrogens with one attached hydrogen (secondary N) is 1. The molecule has 3 heterocycles. The van der Waals surface area contributed by atoms with Crippen molar-refractivity contribution in [2.45, 2.75) is 37.8 Å². The van der Waals surface area contributed by atoms with Gasteiger partial charge in [-0.3, -0.25) is 9.48 Å². The van der Waals surface area contributed by atoms with Gasteiger partial charge in [0.15, 0.2) is 0 Å². The minimum Gasteiger partial charge on any atom is -0.376 e. The van der Waals surface area contributed by atoms with Crippen LogP contribution >= 0.6 is 0 Å². The Labute approximate surface area is 125 Å². The fourth-order valence-electron chi connectivity index (χ4n) is 3.09. The second-order valence-electron chi connectivity index (χ2n) is 6.00. The smallest absolute Gasteiger partial charge is 0.274 e. The van der Waals surface area contributed by atoms with Gasteiger partial charge in [-0.2, -0.15) is 5.10 Å². The lowest BCUT2D eigenvalue weighted by molar-refractivity contribution is 0.0581. The van der Waals surface area contributed by atoms with Crippen molar-refractivity contribution in [3.63, 3.8) is 0 Å². The maximum atomic E-state index is 12.4. The van der Waals surface area contributed by atoms with E-state index in [2.05, 4.69) is 10.4 Å². The van der Waals surface area contributed by atoms with E-state index < -0.39 is 0 Å². The Balaban J connectivity index is 1.60. The van der Waals surface area contributed by atoms with Crippen LogP contribution in [0.3, 0.4) is 0 Å². The zero-order valence-electron chi connectivity index (χ0n) is 12.6. The molecule has 6 heteroatoms. The van der Waals surface area contributed by atoms with Crippen LogP contribution in [0.4, 0.5) is 0 Å². The Kier molecular flexibility index (Phi) is 4.55. The predicted molar refractivity (Wildman–Crippen MR) is 79.3 cm³/mol. The second-order valence-corrected chi connectivity index (χ2v) is 6.00. The lowest BCUT2D eigenvalue weighted by Gasteiger charge is -2.23. The molecule has 2 atom stereocenters. The van der Waals surface area contributed by atoms with Gasteiger partial charge < -0.3 is 15.0 Å². The molecule has 2 aliphatic rings. The van der Waals surface area contributed by atoms with Crippen LogP contribution in [0, 0.1) is 0 Å². The topological polar surface area (TPSA) is 59.4 Å². The number of amides is 1. The summed E-state index contributed by atoms with van der Waals surface area (Å²) in [6.45, 7) is 3.47. The molecule has 0 saturated carbocycles. The number of aromatic nitrogens is 2. The van der Waals surface area contributed by atoms with Gasteiger partial charge in [-0.1, -0.05) is 0 Å². The van der Waals surface area contributed by atoms with Crippen LogP contribution in [0.1, 0.15) is 42.2 Å². The van der Waals surface area contributed by atoms with Gasteiger partial charge in [0.2, 0.25) is 0 Å². The number of carbonyl (C=O) groups is 1. The number of rotatable bonds is 4. The van der Waals surface area contributed by atoms with E-state index in [0.29, 0.717) is 18.3 Å². The molecule has 1 amide bonds. The Bertz CT molecular complexity index is 476. The van der Waals surface area contributed by atoms with Crippen molar-refractivity contribution in [3.8, 4) is 0 Å². The zero-order valence-corrected chi connectivity index (χ0v) is 12.6. The molecule has 1 N–H and O–H groups in total. The number of nitrogens with zero attached hydrogens (tertiary/aromatic N) is 3. The third kappa shape index (κ3) is 3.44. The molecule has 0 aromatic carbocycles. The monoisotopic (exact) mass is 292 g/mol. The Morgan fingerprint density at radius 3 is 3.14 bits per heavy atom. The van der Waals surface area contributed by atoms with Gasteiger partial charge >= 0.3 is 0 Å². The third-order valence-electron chi connectivity index (χ3n) is 4.32. The molecule has 116 valence electrons. The summed E-state index contributed by atoms with van der Waals surface area (Å²) in [5, 5.41) is 7.84. The molecule has 0 aliphatic carbocycles. The van der Waals surface area contributed by atoms with Crippen molar-refractivity contribution in [3.05, 3.63) is 18.0 Å². The highest BCUT2D eigenvalue weighted by Crippen LogP contribution is 2.17. The van der Waals surface area contributed by atoms with Crippen molar-refractivity contribution in [2.24, 2.45) is 0 Å². The van der Waals surface area contributed by atoms with Gasteiger partial charge in [0.05, 0.1) is 12.1 Å². The van der Waals surface area contributed by atoms with E-state index in [-0.39, 0.29) is 12.0 Å². The van der Waals surface area contributed by atoms with Gasteiger partial charge in [-0.25, -0.2) is 0 Å². The maximum absolute atomic E-state index is 12.4. The first-order valence-corrected chi connectivity index (χ1v) is 7.87. The summed E-state index contributed by atoms with van der Waals surface area (Å²) in [4.78, 5) is 14.1. The van der Waals surface area contributed by atoms with Crippen molar-refractivity contribution in [1.82, 2.24) is 20.0 Å². The Morgan fingerprint density at radius 2 is 2.43 bits per heavy atom. The largest absolute Gasteiger partial charge is 0.376 e. The molecular weight excluding hydrogens is 268 g/mol. The van der Waals surface area contributed by atoms with Crippen LogP contribution in [0.2, 0.25) is 0 Å². The number of likely N-dealkylation sites (N-methyl/N-ethyl adjacent to an activating group) is 1. The molecule has 0 unspecified atom stereocenters. The van der Waals surface area contributed by atoms with Gasteiger partial charge in [-0.15, -0.1) is 0 Å². The van der Waals surface area contributed by atoms with Crippen LogP contribution in [0.15, 0.2) is 12.3 Å². The van der Waals surface area contributed by atoms with Crippen LogP contribution in [-0.2, 0) is 4.74 Å². The molecule has 1 aromatic rings. The van der Waals surface area contributed by atoms with Gasteiger partial charge in [0.1, 0.15) is 5.69 Å². The molecule has 2 saturated heterocycles. The van der Waals surface area contributed by atoms with Gasteiger partial charge in [-0.05, 0) is 38.3 Å². The minimum absolute atomic E-state index is 0.0204. The number of hydrogen-bond acceptors (Lipinski definition) is 4. The van der Waals surface area contributed by atoms with Gasteiger partial charge in [0.25, 0.3) is 5.91 Å². The lowest BCUT2D eigenvalue weighted by atomic mass is 10.1. The summed E-state index contributed by atoms with van der Waals surface area (Å²) in [6, 6.07) is 2.19. The third-order valence-corrected chi connectivity index (χ3v) is 4.32. The molecular formula is C15H24N4O2. The molecule has 3 rings (SSSR count). The summed E-state index contributed by atoms with van der Waals surface area (Å²) in [5.41, 5.74) is 0.529. The molecule has 1 aromatic heterocycles. The SMILES string of the molecule is CN(C[C@H]1CCCO1)C(=O)c1ccn([C@H]2CCCNC2)n1. The van der Waals surface area contributed by atoms with E-state index in [4.69, 9.17) is 4.74 Å². The number of ether oxygens (including phenoxy) is 1. The van der Waals surface area contributed by atoms with E-state index >= 15 is 0 Å². The van der Waals surface area contributed by atoms with E-state index in [0.717, 1.165) is 45.4 Å². The highest BCUT2D eigenvalue weighted by Gasteiger charge is 2.23. The van der Waals surface area contributed by atoms with Crippen molar-refractivity contribution < 1.29 is 9.53 Å². The molecule has 0 spiro atoms. The molecule has 0 radical (unpaired) electrons. The maximum Gasteiger partial charge on any atom is 0.274 e. The average molecular weight is 292 g/mol. The fraction of sp³-hybridized carbons (Fsp3) is 0.733. The van der Waals surface area contributed by atoms with E-state index in [9.17, 15) is 4.79 Å². The average Bonchev–Trinajstić information content (AvgIpc) is 3.18. The van der Waals surface area contributed by atoms with E-state index in [1.807, 2.05) is 24.0 Å². The van der Waals surface area contributed by atoms with Crippen LogP contribution in [0.5, 0.6) is 0 Å². The standard InChI is InChI=1S/C15H24N4O2/c1-18(11-13-5-3-9-21-13)15(20)14-6-8-19(17-14)12-4-2-7-16-10-12/h6,8,12-13,16H,2-5,7,9-11H2,1H3/t12-,13+/m0/s1. The number of hydrogen-bond donors (Lipinski definition) is 1. The van der Waals surface area contributed by atoms with Crippen LogP contribution in [0.25, 0.3) is 0 Å². The molecule has 21 heavy (non-hydrogen) atoms. The quantitative estimate of drug-likeness (QED) is 0.901. The predicted octanol–water partition coefficient (Wildman–Crippen LogP) is 1.06. The lowest BCUT2D eigenvalue weighted by Crippen LogP contribution is -2.35. The normalized spacial score (nSPS) is 26.0. The molecule has 6 nitrogen and oxygen atoms in total. The summed E-state index contributed by atoms with van der Waals surface area (Å²) in [6.07, 6.45) is 6.52. The first kappa shape index (κ1) is 14.5. The van der Waals surface area contributed by atoms with E-state index in [1.165, 1.54) is 0 Å². The fourth-order valence-corrected chi connectivity index (χ4v) is 3.09. The highest BCUT2D eigenvalue weighted by atomic mass is 16.5. The molecule has 2 aliphatic heterocycles. The second kappa shape index (κ2) is 6.58. The zero-order chi connectivity index (χ0) is 14.7. The minimum atomic E-state index is -0.0204. The summed E-state index contributed by atoms with van der Waals surface area (Å²) in [7, 11) is 1.82. The first-order valence-electron chi connectivity index (χ1n) is 7.87. The van der Waals surface area contributed by atoms with Crippen LogP contribution < -0.4 is 5.32 Å².